The average molecular weight is 416 g/mol. The van der Waals surface area contributed by atoms with Gasteiger partial charge < -0.3 is 9.80 Å². The van der Waals surface area contributed by atoms with Gasteiger partial charge in [-0.25, -0.2) is 13.1 Å². The zero-order valence-corrected chi connectivity index (χ0v) is 18.1. The van der Waals surface area contributed by atoms with E-state index in [4.69, 9.17) is 0 Å². The zero-order chi connectivity index (χ0) is 21.0. The van der Waals surface area contributed by atoms with Crippen LogP contribution >= 0.6 is 0 Å². The molecule has 1 atom stereocenters. The molecule has 0 radical (unpaired) electrons. The number of carbonyl (C=O) groups is 1. The van der Waals surface area contributed by atoms with Crippen LogP contribution in [0.3, 0.4) is 0 Å². The topological polar surface area (TPSA) is 69.7 Å². The first kappa shape index (κ1) is 21.3. The van der Waals surface area contributed by atoms with Gasteiger partial charge in [0.25, 0.3) is 5.91 Å². The molecule has 2 aromatic rings. The molecular formula is C22H29N3O3S. The van der Waals surface area contributed by atoms with Gasteiger partial charge in [-0.2, -0.15) is 0 Å². The molecule has 0 bridgehead atoms. The number of sulfonamides is 1. The molecule has 3 rings (SSSR count). The van der Waals surface area contributed by atoms with E-state index < -0.39 is 10.0 Å². The maximum atomic E-state index is 12.8. The van der Waals surface area contributed by atoms with Gasteiger partial charge in [0.05, 0.1) is 4.90 Å². The van der Waals surface area contributed by atoms with Gasteiger partial charge in [0, 0.05) is 43.5 Å². The lowest BCUT2D eigenvalue weighted by molar-refractivity contribution is 0.0746. The fourth-order valence-corrected chi connectivity index (χ4v) is 4.69. The van der Waals surface area contributed by atoms with Gasteiger partial charge in [-0.15, -0.1) is 0 Å². The fraction of sp³-hybridized carbons (Fsp3) is 0.409. The Morgan fingerprint density at radius 2 is 1.72 bits per heavy atom. The molecule has 1 amide bonds. The number of piperazine rings is 1. The van der Waals surface area contributed by atoms with Crippen molar-refractivity contribution in [2.75, 3.05) is 31.1 Å². The van der Waals surface area contributed by atoms with E-state index in [2.05, 4.69) is 34.7 Å². The third-order valence-electron chi connectivity index (χ3n) is 5.31. The molecule has 1 unspecified atom stereocenters. The number of amides is 1. The van der Waals surface area contributed by atoms with Crippen molar-refractivity contribution in [1.82, 2.24) is 9.62 Å². The van der Waals surface area contributed by atoms with Gasteiger partial charge >= 0.3 is 0 Å². The number of nitrogens with zero attached hydrogens (tertiary/aromatic N) is 2. The maximum Gasteiger partial charge on any atom is 0.253 e. The van der Waals surface area contributed by atoms with E-state index in [1.54, 1.807) is 12.1 Å². The van der Waals surface area contributed by atoms with Crippen LogP contribution in [0.5, 0.6) is 0 Å². The summed E-state index contributed by atoms with van der Waals surface area (Å²) in [6, 6.07) is 14.4. The van der Waals surface area contributed by atoms with Crippen LogP contribution in [0.4, 0.5) is 5.69 Å². The first-order valence-electron chi connectivity index (χ1n) is 10.0. The normalized spacial score (nSPS) is 16.0. The summed E-state index contributed by atoms with van der Waals surface area (Å²) < 4.78 is 27.4. The van der Waals surface area contributed by atoms with Crippen LogP contribution in [0, 0.1) is 6.92 Å². The molecule has 1 aliphatic heterocycles. The van der Waals surface area contributed by atoms with Crippen LogP contribution in [-0.4, -0.2) is 51.4 Å². The minimum atomic E-state index is -3.56. The van der Waals surface area contributed by atoms with Crippen molar-refractivity contribution in [3.63, 3.8) is 0 Å². The van der Waals surface area contributed by atoms with E-state index in [9.17, 15) is 13.2 Å². The average Bonchev–Trinajstić information content (AvgIpc) is 2.73. The predicted octanol–water partition coefficient (Wildman–Crippen LogP) is 3.03. The second kappa shape index (κ2) is 8.97. The lowest BCUT2D eigenvalue weighted by Crippen LogP contribution is -2.48. The minimum Gasteiger partial charge on any atom is -0.368 e. The highest BCUT2D eigenvalue weighted by Crippen LogP contribution is 2.19. The molecule has 156 valence electrons. The molecule has 1 aliphatic rings. The van der Waals surface area contributed by atoms with E-state index >= 15 is 0 Å². The predicted molar refractivity (Wildman–Crippen MR) is 116 cm³/mol. The first-order chi connectivity index (χ1) is 13.8. The smallest absolute Gasteiger partial charge is 0.253 e. The van der Waals surface area contributed by atoms with Crippen LogP contribution in [0.1, 0.15) is 36.2 Å². The lowest BCUT2D eigenvalue weighted by Gasteiger charge is -2.36. The van der Waals surface area contributed by atoms with Crippen molar-refractivity contribution >= 4 is 21.6 Å². The van der Waals surface area contributed by atoms with Crippen molar-refractivity contribution in [1.29, 1.82) is 0 Å². The summed E-state index contributed by atoms with van der Waals surface area (Å²) in [5, 5.41) is 0. The number of anilines is 1. The van der Waals surface area contributed by atoms with Crippen LogP contribution in [0.2, 0.25) is 0 Å². The molecule has 0 aliphatic carbocycles. The Labute approximate surface area is 173 Å². The number of carbonyl (C=O) groups excluding carboxylic acids is 1. The zero-order valence-electron chi connectivity index (χ0n) is 17.3. The molecular weight excluding hydrogens is 386 g/mol. The van der Waals surface area contributed by atoms with Crippen LogP contribution in [0.15, 0.2) is 53.4 Å². The monoisotopic (exact) mass is 415 g/mol. The van der Waals surface area contributed by atoms with Crippen molar-refractivity contribution < 1.29 is 13.2 Å². The molecule has 7 heteroatoms. The van der Waals surface area contributed by atoms with Crippen molar-refractivity contribution in [3.05, 3.63) is 59.7 Å². The first-order valence-corrected chi connectivity index (χ1v) is 11.5. The largest absolute Gasteiger partial charge is 0.368 e. The Kier molecular flexibility index (Phi) is 6.59. The summed E-state index contributed by atoms with van der Waals surface area (Å²) in [6.07, 6.45) is 0.713. The molecule has 0 spiro atoms. The highest BCUT2D eigenvalue weighted by molar-refractivity contribution is 7.89. The van der Waals surface area contributed by atoms with E-state index in [0.29, 0.717) is 25.1 Å². The Morgan fingerprint density at radius 3 is 2.31 bits per heavy atom. The molecule has 6 nitrogen and oxygen atoms in total. The van der Waals surface area contributed by atoms with Gasteiger partial charge in [-0.05, 0) is 62.2 Å². The lowest BCUT2D eigenvalue weighted by atomic mass is 10.1. The van der Waals surface area contributed by atoms with E-state index in [0.717, 1.165) is 13.1 Å². The van der Waals surface area contributed by atoms with Crippen molar-refractivity contribution in [2.45, 2.75) is 38.1 Å². The number of nitrogens with one attached hydrogen (secondary N) is 1. The number of aryl methyl sites for hydroxylation is 1. The summed E-state index contributed by atoms with van der Waals surface area (Å²) in [6.45, 7) is 8.66. The van der Waals surface area contributed by atoms with Gasteiger partial charge in [0.15, 0.2) is 0 Å². The van der Waals surface area contributed by atoms with E-state index in [1.165, 1.54) is 23.4 Å². The van der Waals surface area contributed by atoms with E-state index in [-0.39, 0.29) is 16.8 Å². The Balaban J connectivity index is 1.63. The highest BCUT2D eigenvalue weighted by atomic mass is 32.2. The van der Waals surface area contributed by atoms with E-state index in [1.807, 2.05) is 24.8 Å². The molecule has 1 heterocycles. The Hall–Kier alpha value is -2.38. The van der Waals surface area contributed by atoms with Crippen molar-refractivity contribution in [3.8, 4) is 0 Å². The number of benzene rings is 2. The fourth-order valence-electron chi connectivity index (χ4n) is 3.37. The van der Waals surface area contributed by atoms with Crippen LogP contribution < -0.4 is 9.62 Å². The van der Waals surface area contributed by atoms with Crippen LogP contribution in [-0.2, 0) is 10.0 Å². The highest BCUT2D eigenvalue weighted by Gasteiger charge is 2.23. The molecule has 29 heavy (non-hydrogen) atoms. The second-order valence-corrected chi connectivity index (χ2v) is 9.29. The second-order valence-electron chi connectivity index (χ2n) is 7.57. The van der Waals surface area contributed by atoms with Crippen molar-refractivity contribution in [2.24, 2.45) is 0 Å². The third-order valence-corrected chi connectivity index (χ3v) is 6.92. The van der Waals surface area contributed by atoms with Gasteiger partial charge in [-0.3, -0.25) is 4.79 Å². The number of rotatable bonds is 6. The van der Waals surface area contributed by atoms with Crippen LogP contribution in [0.25, 0.3) is 0 Å². The van der Waals surface area contributed by atoms with Gasteiger partial charge in [0.2, 0.25) is 10.0 Å². The molecule has 0 aromatic heterocycles. The van der Waals surface area contributed by atoms with Gasteiger partial charge in [-0.1, -0.05) is 19.1 Å². The summed E-state index contributed by atoms with van der Waals surface area (Å²) in [5.74, 6) is -0.0623. The SMILES string of the molecule is CCC(C)NS(=O)(=O)c1ccc(C(=O)N2CCN(c3cccc(C)c3)CC2)cc1. The Bertz CT molecular complexity index is 950. The molecule has 1 N–H and O–H groups in total. The summed E-state index contributed by atoms with van der Waals surface area (Å²) >= 11 is 0. The number of hydrogen-bond donors (Lipinski definition) is 1. The summed E-state index contributed by atoms with van der Waals surface area (Å²) in [5.41, 5.74) is 2.91. The summed E-state index contributed by atoms with van der Waals surface area (Å²) in [4.78, 5) is 17.1. The molecule has 1 fully saturated rings. The van der Waals surface area contributed by atoms with Gasteiger partial charge in [0.1, 0.15) is 0 Å². The standard InChI is InChI=1S/C22H29N3O3S/c1-4-18(3)23-29(27,28)21-10-8-19(9-11-21)22(26)25-14-12-24(13-15-25)20-7-5-6-17(2)16-20/h5-11,16,18,23H,4,12-15H2,1-3H3. The molecule has 1 saturated heterocycles. The summed E-state index contributed by atoms with van der Waals surface area (Å²) in [7, 11) is -3.56. The number of hydrogen-bond acceptors (Lipinski definition) is 4. The molecule has 2 aromatic carbocycles. The molecule has 0 saturated carbocycles. The maximum absolute atomic E-state index is 12.8. The quantitative estimate of drug-likeness (QED) is 0.787. The minimum absolute atomic E-state index is 0.0623. The Morgan fingerprint density at radius 1 is 1.07 bits per heavy atom. The third kappa shape index (κ3) is 5.16.